The lowest BCUT2D eigenvalue weighted by molar-refractivity contribution is -0.330. The van der Waals surface area contributed by atoms with Crippen molar-refractivity contribution in [2.24, 2.45) is 17.8 Å². The van der Waals surface area contributed by atoms with E-state index in [9.17, 15) is 0 Å². The molecule has 4 aliphatic heterocycles. The first-order chi connectivity index (χ1) is 10.5. The SMILES string of the molecule is C=CC[C@H]1O[C@@H]2O[C@@]3(C)CC[C@H]4[C@H](C)CC[C@@H](O[C@@]24O3)[C@H]1C. The molecule has 3 bridgehead atoms. The molecule has 0 radical (unpaired) electrons. The lowest BCUT2D eigenvalue weighted by Crippen LogP contribution is -2.54. The highest BCUT2D eigenvalue weighted by Crippen LogP contribution is 2.57. The zero-order valence-corrected chi connectivity index (χ0v) is 13.9. The molecule has 4 fully saturated rings. The molecule has 0 aliphatic carbocycles. The van der Waals surface area contributed by atoms with Crippen molar-refractivity contribution in [1.29, 1.82) is 0 Å². The maximum Gasteiger partial charge on any atom is 0.226 e. The van der Waals surface area contributed by atoms with Crippen LogP contribution in [0.1, 0.15) is 52.9 Å². The minimum absolute atomic E-state index is 0.0903. The predicted molar refractivity (Wildman–Crippen MR) is 81.9 cm³/mol. The standard InChI is InChI=1S/C18H28O4/c1-5-6-14-12(3)15-8-7-11(2)13-9-10-17(4)21-16(19-14)18(13,20-15)22-17/h5,11-16H,1,6-10H2,2-4H3/t11-,12+,13+,14-,15-,16-,17-,18+/m1/s1. The van der Waals surface area contributed by atoms with Gasteiger partial charge in [0, 0.05) is 18.3 Å². The molecule has 4 heterocycles. The van der Waals surface area contributed by atoms with Gasteiger partial charge in [0.2, 0.25) is 12.1 Å². The van der Waals surface area contributed by atoms with Crippen LogP contribution in [0.2, 0.25) is 0 Å². The Kier molecular flexibility index (Phi) is 3.46. The summed E-state index contributed by atoms with van der Waals surface area (Å²) < 4.78 is 25.7. The number of ether oxygens (including phenoxy) is 4. The molecular weight excluding hydrogens is 280 g/mol. The van der Waals surface area contributed by atoms with Gasteiger partial charge in [0.05, 0.1) is 12.2 Å². The second-order valence-electron chi connectivity index (χ2n) is 7.82. The molecule has 1 spiro atoms. The summed E-state index contributed by atoms with van der Waals surface area (Å²) in [6.45, 7) is 10.5. The lowest BCUT2D eigenvalue weighted by Gasteiger charge is -2.43. The Morgan fingerprint density at radius 2 is 2.00 bits per heavy atom. The fourth-order valence-electron chi connectivity index (χ4n) is 4.92. The molecule has 0 saturated carbocycles. The third-order valence-corrected chi connectivity index (χ3v) is 6.29. The number of rotatable bonds is 2. The number of hydrogen-bond acceptors (Lipinski definition) is 4. The average molecular weight is 308 g/mol. The summed E-state index contributed by atoms with van der Waals surface area (Å²) in [5, 5.41) is 0. The molecule has 4 saturated heterocycles. The summed E-state index contributed by atoms with van der Waals surface area (Å²) in [6, 6.07) is 0. The van der Waals surface area contributed by atoms with Crippen LogP contribution in [0.5, 0.6) is 0 Å². The van der Waals surface area contributed by atoms with Crippen LogP contribution in [0.4, 0.5) is 0 Å². The highest BCUT2D eigenvalue weighted by Gasteiger charge is 2.68. The van der Waals surface area contributed by atoms with E-state index in [4.69, 9.17) is 18.9 Å². The van der Waals surface area contributed by atoms with Gasteiger partial charge in [-0.3, -0.25) is 0 Å². The molecule has 8 atom stereocenters. The average Bonchev–Trinajstić information content (AvgIpc) is 2.56. The van der Waals surface area contributed by atoms with Gasteiger partial charge in [-0.05, 0) is 38.5 Å². The molecule has 4 nitrogen and oxygen atoms in total. The van der Waals surface area contributed by atoms with Crippen molar-refractivity contribution in [1.82, 2.24) is 0 Å². The van der Waals surface area contributed by atoms with Gasteiger partial charge in [-0.15, -0.1) is 6.58 Å². The highest BCUT2D eigenvalue weighted by molar-refractivity contribution is 5.03. The van der Waals surface area contributed by atoms with Crippen molar-refractivity contribution >= 4 is 0 Å². The molecule has 0 amide bonds. The molecular formula is C18H28O4. The summed E-state index contributed by atoms with van der Waals surface area (Å²) in [6.07, 6.45) is 6.88. The second-order valence-corrected chi connectivity index (χ2v) is 7.82. The summed E-state index contributed by atoms with van der Waals surface area (Å²) in [4.78, 5) is 0. The van der Waals surface area contributed by atoms with Gasteiger partial charge in [0.25, 0.3) is 0 Å². The van der Waals surface area contributed by atoms with Gasteiger partial charge in [-0.25, -0.2) is 0 Å². The predicted octanol–water partition coefficient (Wildman–Crippen LogP) is 3.61. The first-order valence-corrected chi connectivity index (χ1v) is 8.79. The van der Waals surface area contributed by atoms with Gasteiger partial charge in [-0.1, -0.05) is 19.9 Å². The summed E-state index contributed by atoms with van der Waals surface area (Å²) in [7, 11) is 0. The van der Waals surface area contributed by atoms with Crippen molar-refractivity contribution in [3.8, 4) is 0 Å². The summed E-state index contributed by atoms with van der Waals surface area (Å²) in [5.41, 5.74) is 0. The minimum atomic E-state index is -0.711. The quantitative estimate of drug-likeness (QED) is 0.730. The van der Waals surface area contributed by atoms with E-state index >= 15 is 0 Å². The smallest absolute Gasteiger partial charge is 0.226 e. The zero-order valence-electron chi connectivity index (χ0n) is 13.9. The molecule has 0 unspecified atom stereocenters. The van der Waals surface area contributed by atoms with Gasteiger partial charge in [0.1, 0.15) is 0 Å². The molecule has 0 aromatic heterocycles. The Balaban J connectivity index is 1.76. The Morgan fingerprint density at radius 3 is 2.77 bits per heavy atom. The summed E-state index contributed by atoms with van der Waals surface area (Å²) >= 11 is 0. The van der Waals surface area contributed by atoms with E-state index in [0.717, 1.165) is 25.7 Å². The topological polar surface area (TPSA) is 36.9 Å². The molecule has 0 N–H and O–H groups in total. The first-order valence-electron chi connectivity index (χ1n) is 8.79. The van der Waals surface area contributed by atoms with E-state index in [-0.39, 0.29) is 12.2 Å². The fraction of sp³-hybridized carbons (Fsp3) is 0.889. The molecule has 4 aliphatic rings. The van der Waals surface area contributed by atoms with E-state index in [1.165, 1.54) is 6.42 Å². The number of fused-ring (bicyclic) bond motifs is 2. The summed E-state index contributed by atoms with van der Waals surface area (Å²) in [5.74, 6) is -0.0186. The maximum atomic E-state index is 6.64. The highest BCUT2D eigenvalue weighted by atomic mass is 16.9. The van der Waals surface area contributed by atoms with Crippen LogP contribution in [0.25, 0.3) is 0 Å². The fourth-order valence-corrected chi connectivity index (χ4v) is 4.92. The number of hydrogen-bond donors (Lipinski definition) is 0. The van der Waals surface area contributed by atoms with Crippen LogP contribution in [-0.4, -0.2) is 30.1 Å². The van der Waals surface area contributed by atoms with Gasteiger partial charge < -0.3 is 18.9 Å². The third kappa shape index (κ3) is 2.04. The van der Waals surface area contributed by atoms with Crippen LogP contribution in [0, 0.1) is 17.8 Å². The van der Waals surface area contributed by atoms with Gasteiger partial charge >= 0.3 is 0 Å². The normalized spacial score (nSPS) is 57.0. The van der Waals surface area contributed by atoms with E-state index in [2.05, 4.69) is 20.4 Å². The monoisotopic (exact) mass is 308 g/mol. The first kappa shape index (κ1) is 15.1. The van der Waals surface area contributed by atoms with Crippen LogP contribution >= 0.6 is 0 Å². The molecule has 22 heavy (non-hydrogen) atoms. The molecule has 0 aromatic carbocycles. The van der Waals surface area contributed by atoms with E-state index in [1.807, 2.05) is 13.0 Å². The largest absolute Gasteiger partial charge is 0.344 e. The van der Waals surface area contributed by atoms with Crippen LogP contribution in [0.3, 0.4) is 0 Å². The van der Waals surface area contributed by atoms with E-state index < -0.39 is 17.9 Å². The van der Waals surface area contributed by atoms with Gasteiger partial charge in [0.15, 0.2) is 5.79 Å². The minimum Gasteiger partial charge on any atom is -0.344 e. The Bertz CT molecular complexity index is 466. The van der Waals surface area contributed by atoms with Crippen LogP contribution in [0.15, 0.2) is 12.7 Å². The zero-order chi connectivity index (χ0) is 15.5. The van der Waals surface area contributed by atoms with Crippen molar-refractivity contribution in [2.45, 2.75) is 82.9 Å². The van der Waals surface area contributed by atoms with Gasteiger partial charge in [-0.2, -0.15) is 0 Å². The molecule has 0 aromatic rings. The van der Waals surface area contributed by atoms with Crippen molar-refractivity contribution in [3.63, 3.8) is 0 Å². The maximum absolute atomic E-state index is 6.64. The lowest BCUT2D eigenvalue weighted by atomic mass is 9.78. The molecule has 4 rings (SSSR count). The second kappa shape index (κ2) is 5.04. The molecule has 124 valence electrons. The van der Waals surface area contributed by atoms with Crippen molar-refractivity contribution < 1.29 is 18.9 Å². The third-order valence-electron chi connectivity index (χ3n) is 6.29. The van der Waals surface area contributed by atoms with E-state index in [0.29, 0.717) is 17.8 Å². The van der Waals surface area contributed by atoms with Crippen molar-refractivity contribution in [2.75, 3.05) is 0 Å². The Labute approximate surface area is 133 Å². The van der Waals surface area contributed by atoms with E-state index in [1.54, 1.807) is 0 Å². The Hall–Kier alpha value is -0.420. The van der Waals surface area contributed by atoms with Crippen LogP contribution in [-0.2, 0) is 18.9 Å². The molecule has 4 heteroatoms. The van der Waals surface area contributed by atoms with Crippen LogP contribution < -0.4 is 0 Å². The Morgan fingerprint density at radius 1 is 1.18 bits per heavy atom. The van der Waals surface area contributed by atoms with Crippen molar-refractivity contribution in [3.05, 3.63) is 12.7 Å².